The Labute approximate surface area is 192 Å². The van der Waals surface area contributed by atoms with E-state index in [0.29, 0.717) is 36.2 Å². The largest absolute Gasteiger partial charge is 0.496 e. The van der Waals surface area contributed by atoms with Crippen molar-refractivity contribution in [3.8, 4) is 35.1 Å². The Hall–Kier alpha value is -3.80. The molecule has 1 amide bonds. The highest BCUT2D eigenvalue weighted by molar-refractivity contribution is 6.05. The number of hydrogen-bond acceptors (Lipinski definition) is 8. The van der Waals surface area contributed by atoms with Crippen LogP contribution in [0.3, 0.4) is 0 Å². The van der Waals surface area contributed by atoms with E-state index < -0.39 is 23.7 Å². The van der Waals surface area contributed by atoms with Crippen LogP contribution in [-0.2, 0) is 9.59 Å². The highest BCUT2D eigenvalue weighted by Gasteiger charge is 2.35. The summed E-state index contributed by atoms with van der Waals surface area (Å²) in [5.41, 5.74) is 0. The molecule has 3 rings (SSSR count). The van der Waals surface area contributed by atoms with Gasteiger partial charge in [-0.25, -0.2) is 0 Å². The van der Waals surface area contributed by atoms with Crippen molar-refractivity contribution >= 4 is 11.7 Å². The number of piperidine rings is 1. The molecular formula is C24H27N3O6. The minimum Gasteiger partial charge on any atom is -0.496 e. The van der Waals surface area contributed by atoms with Gasteiger partial charge in [-0.3, -0.25) is 9.59 Å². The van der Waals surface area contributed by atoms with Crippen molar-refractivity contribution in [1.82, 2.24) is 9.88 Å². The van der Waals surface area contributed by atoms with Crippen molar-refractivity contribution in [2.75, 3.05) is 27.3 Å². The Bertz CT molecular complexity index is 990. The zero-order valence-corrected chi connectivity index (χ0v) is 18.9. The van der Waals surface area contributed by atoms with Crippen molar-refractivity contribution in [3.05, 3.63) is 36.4 Å². The molecule has 9 nitrogen and oxygen atoms in total. The molecule has 9 heteroatoms. The zero-order chi connectivity index (χ0) is 23.8. The number of likely N-dealkylation sites (tertiary alicyclic amines) is 1. The van der Waals surface area contributed by atoms with Crippen molar-refractivity contribution in [3.63, 3.8) is 0 Å². The second kappa shape index (κ2) is 11.2. The van der Waals surface area contributed by atoms with E-state index in [4.69, 9.17) is 18.9 Å². The molecule has 2 unspecified atom stereocenters. The predicted molar refractivity (Wildman–Crippen MR) is 118 cm³/mol. The van der Waals surface area contributed by atoms with Crippen molar-refractivity contribution in [1.29, 1.82) is 5.26 Å². The molecule has 0 spiro atoms. The van der Waals surface area contributed by atoms with Gasteiger partial charge >= 0.3 is 0 Å². The van der Waals surface area contributed by atoms with Crippen molar-refractivity contribution in [2.24, 2.45) is 5.92 Å². The highest BCUT2D eigenvalue weighted by atomic mass is 16.5. The summed E-state index contributed by atoms with van der Waals surface area (Å²) >= 11 is 0. The number of hydrogen-bond donors (Lipinski definition) is 0. The Kier molecular flexibility index (Phi) is 8.08. The third-order valence-corrected chi connectivity index (χ3v) is 5.28. The molecule has 174 valence electrons. The molecule has 0 N–H and O–H groups in total. The molecule has 2 heterocycles. The molecule has 0 aliphatic carbocycles. The SMILES string of the molecule is COc1cc(OC)nc(Oc2ccc(OC(C)C(=O)C(C#N)C(=O)N3CCCCC3)cc2)c1. The third-order valence-electron chi connectivity index (χ3n) is 5.28. The van der Waals surface area contributed by atoms with E-state index in [9.17, 15) is 14.9 Å². The Morgan fingerprint density at radius 1 is 0.970 bits per heavy atom. The summed E-state index contributed by atoms with van der Waals surface area (Å²) in [6, 6.07) is 11.7. The fourth-order valence-electron chi connectivity index (χ4n) is 3.47. The van der Waals surface area contributed by atoms with Crippen LogP contribution in [0.1, 0.15) is 26.2 Å². The molecule has 1 fully saturated rings. The minimum atomic E-state index is -1.37. The molecular weight excluding hydrogens is 426 g/mol. The molecule has 33 heavy (non-hydrogen) atoms. The maximum atomic E-state index is 12.7. The monoisotopic (exact) mass is 453 g/mol. The summed E-state index contributed by atoms with van der Waals surface area (Å²) in [6.07, 6.45) is 1.86. The van der Waals surface area contributed by atoms with Crippen LogP contribution in [0.25, 0.3) is 0 Å². The smallest absolute Gasteiger partial charge is 0.247 e. The number of methoxy groups -OCH3 is 2. The van der Waals surface area contributed by atoms with Crippen LogP contribution >= 0.6 is 0 Å². The van der Waals surface area contributed by atoms with Crippen LogP contribution in [0.15, 0.2) is 36.4 Å². The number of pyridine rings is 1. The predicted octanol–water partition coefficient (Wildman–Crippen LogP) is 3.38. The van der Waals surface area contributed by atoms with E-state index in [1.807, 2.05) is 6.07 Å². The number of carbonyl (C=O) groups excluding carboxylic acids is 2. The van der Waals surface area contributed by atoms with Crippen molar-refractivity contribution < 1.29 is 28.5 Å². The lowest BCUT2D eigenvalue weighted by Crippen LogP contribution is -2.44. The Balaban J connectivity index is 1.62. The number of ether oxygens (including phenoxy) is 4. The summed E-state index contributed by atoms with van der Waals surface area (Å²) in [5, 5.41) is 9.45. The molecule has 1 aromatic heterocycles. The number of nitrogens with zero attached hydrogens (tertiary/aromatic N) is 3. The maximum Gasteiger partial charge on any atom is 0.247 e. The van der Waals surface area contributed by atoms with Crippen molar-refractivity contribution in [2.45, 2.75) is 32.3 Å². The van der Waals surface area contributed by atoms with Gasteiger partial charge in [0.15, 0.2) is 17.8 Å². The van der Waals surface area contributed by atoms with E-state index in [1.54, 1.807) is 41.3 Å². The van der Waals surface area contributed by atoms with Gasteiger partial charge < -0.3 is 23.8 Å². The standard InChI is InChI=1S/C24H27N3O6/c1-16(23(28)20(15-25)24(29)27-11-5-4-6-12-27)32-17-7-9-18(10-8-17)33-22-14-19(30-2)13-21(26-22)31-3/h7-10,13-14,16,20H,4-6,11-12H2,1-3H3. The molecule has 1 aromatic carbocycles. The van der Waals surface area contributed by atoms with Crippen LogP contribution in [-0.4, -0.2) is 55.0 Å². The molecule has 2 aromatic rings. The first-order valence-electron chi connectivity index (χ1n) is 10.7. The lowest BCUT2D eigenvalue weighted by Gasteiger charge is -2.28. The fourth-order valence-corrected chi connectivity index (χ4v) is 3.47. The van der Waals surface area contributed by atoms with E-state index in [-0.39, 0.29) is 5.88 Å². The number of ketones is 1. The summed E-state index contributed by atoms with van der Waals surface area (Å²) in [4.78, 5) is 31.2. The highest BCUT2D eigenvalue weighted by Crippen LogP contribution is 2.28. The van der Waals surface area contributed by atoms with E-state index in [2.05, 4.69) is 4.98 Å². The van der Waals surface area contributed by atoms with Gasteiger partial charge in [-0.2, -0.15) is 10.2 Å². The van der Waals surface area contributed by atoms with Gasteiger partial charge in [0.05, 0.1) is 20.3 Å². The third kappa shape index (κ3) is 6.13. The molecule has 1 aliphatic heterocycles. The Morgan fingerprint density at radius 2 is 1.61 bits per heavy atom. The fraction of sp³-hybridized carbons (Fsp3) is 0.417. The molecule has 0 saturated carbocycles. The van der Waals surface area contributed by atoms with Crippen LogP contribution in [0, 0.1) is 17.2 Å². The number of Topliss-reactive ketones (excluding diaryl/α,β-unsaturated/α-hetero) is 1. The van der Waals surface area contributed by atoms with Crippen LogP contribution < -0.4 is 18.9 Å². The maximum absolute atomic E-state index is 12.7. The number of carbonyl (C=O) groups is 2. The quantitative estimate of drug-likeness (QED) is 0.531. The molecule has 1 saturated heterocycles. The second-order valence-corrected chi connectivity index (χ2v) is 7.57. The average molecular weight is 453 g/mol. The number of benzene rings is 1. The first-order valence-corrected chi connectivity index (χ1v) is 10.7. The summed E-state index contributed by atoms with van der Waals surface area (Å²) in [6.45, 7) is 2.69. The van der Waals surface area contributed by atoms with E-state index in [1.165, 1.54) is 21.1 Å². The van der Waals surface area contributed by atoms with E-state index in [0.717, 1.165) is 19.3 Å². The summed E-state index contributed by atoms with van der Waals surface area (Å²) in [7, 11) is 3.03. The van der Waals surface area contributed by atoms with Gasteiger partial charge in [0, 0.05) is 25.2 Å². The van der Waals surface area contributed by atoms with E-state index >= 15 is 0 Å². The molecule has 0 radical (unpaired) electrons. The molecule has 0 bridgehead atoms. The number of amides is 1. The Morgan fingerprint density at radius 3 is 2.21 bits per heavy atom. The van der Waals surface area contributed by atoms with Gasteiger partial charge in [-0.1, -0.05) is 0 Å². The number of nitriles is 1. The minimum absolute atomic E-state index is 0.288. The van der Waals surface area contributed by atoms with Crippen LogP contribution in [0.2, 0.25) is 0 Å². The topological polar surface area (TPSA) is 111 Å². The van der Waals surface area contributed by atoms with Gasteiger partial charge in [0.25, 0.3) is 0 Å². The summed E-state index contributed by atoms with van der Waals surface area (Å²) in [5.74, 6) is -0.297. The normalized spacial score (nSPS) is 15.0. The van der Waals surface area contributed by atoms with Gasteiger partial charge in [0.1, 0.15) is 17.2 Å². The lowest BCUT2D eigenvalue weighted by atomic mass is 9.99. The second-order valence-electron chi connectivity index (χ2n) is 7.57. The first-order chi connectivity index (χ1) is 15.9. The molecule has 1 aliphatic rings. The number of rotatable bonds is 9. The molecule has 2 atom stereocenters. The van der Waals surface area contributed by atoms with Crippen LogP contribution in [0.4, 0.5) is 0 Å². The zero-order valence-electron chi connectivity index (χ0n) is 18.9. The lowest BCUT2D eigenvalue weighted by molar-refractivity contribution is -0.142. The van der Waals surface area contributed by atoms with Crippen LogP contribution in [0.5, 0.6) is 29.0 Å². The first kappa shape index (κ1) is 23.9. The van der Waals surface area contributed by atoms with Gasteiger partial charge in [-0.05, 0) is 50.5 Å². The van der Waals surface area contributed by atoms with Gasteiger partial charge in [0.2, 0.25) is 17.7 Å². The summed E-state index contributed by atoms with van der Waals surface area (Å²) < 4.78 is 21.8. The van der Waals surface area contributed by atoms with Gasteiger partial charge in [-0.15, -0.1) is 0 Å². The number of aromatic nitrogens is 1. The average Bonchev–Trinajstić information content (AvgIpc) is 2.85.